The highest BCUT2D eigenvalue weighted by molar-refractivity contribution is 5.77. The third kappa shape index (κ3) is 2.60. The van der Waals surface area contributed by atoms with Crippen molar-refractivity contribution in [3.8, 4) is 6.07 Å². The highest BCUT2D eigenvalue weighted by Gasteiger charge is 2.12. The molecule has 1 heterocycles. The van der Waals surface area contributed by atoms with Gasteiger partial charge in [-0.1, -0.05) is 32.9 Å². The predicted octanol–water partition coefficient (Wildman–Crippen LogP) is 3.64. The largest absolute Gasteiger partial charge is 0.459 e. The van der Waals surface area contributed by atoms with Crippen LogP contribution in [-0.2, 0) is 6.42 Å². The molecule has 18 heavy (non-hydrogen) atoms. The molecule has 0 atom stereocenters. The number of nitrogens with zero attached hydrogens (tertiary/aromatic N) is 1. The van der Waals surface area contributed by atoms with Crippen LogP contribution in [0.5, 0.6) is 0 Å². The van der Waals surface area contributed by atoms with Crippen molar-refractivity contribution < 1.29 is 4.42 Å². The van der Waals surface area contributed by atoms with Crippen molar-refractivity contribution in [3.63, 3.8) is 0 Å². The molecule has 0 radical (unpaired) electrons. The van der Waals surface area contributed by atoms with E-state index in [2.05, 4.69) is 0 Å². The molecule has 1 aromatic carbocycles. The van der Waals surface area contributed by atoms with Gasteiger partial charge < -0.3 is 4.42 Å². The Bertz CT molecular complexity index is 620. The van der Waals surface area contributed by atoms with E-state index in [0.29, 0.717) is 23.2 Å². The van der Waals surface area contributed by atoms with Crippen molar-refractivity contribution in [1.82, 2.24) is 0 Å². The molecule has 3 heteroatoms. The van der Waals surface area contributed by atoms with E-state index < -0.39 is 0 Å². The Kier molecular flexibility index (Phi) is 5.13. The summed E-state index contributed by atoms with van der Waals surface area (Å²) in [5, 5.41) is 9.45. The van der Waals surface area contributed by atoms with E-state index in [1.807, 2.05) is 32.9 Å². The van der Waals surface area contributed by atoms with Gasteiger partial charge in [0.15, 0.2) is 0 Å². The van der Waals surface area contributed by atoms with Crippen molar-refractivity contribution in [2.75, 3.05) is 0 Å². The molecule has 1 aromatic heterocycles. The van der Waals surface area contributed by atoms with Gasteiger partial charge in [0.2, 0.25) is 5.43 Å². The van der Waals surface area contributed by atoms with Crippen LogP contribution in [0.15, 0.2) is 33.5 Å². The number of hydrogen-bond donors (Lipinski definition) is 0. The summed E-state index contributed by atoms with van der Waals surface area (Å²) in [6, 6.07) is 8.94. The summed E-state index contributed by atoms with van der Waals surface area (Å²) in [7, 11) is 0. The van der Waals surface area contributed by atoms with Crippen molar-refractivity contribution >= 4 is 11.0 Å². The molecular formula is C15H17NO2. The summed E-state index contributed by atoms with van der Waals surface area (Å²) in [6.45, 7) is 5.98. The van der Waals surface area contributed by atoms with Gasteiger partial charge in [0.25, 0.3) is 0 Å². The lowest BCUT2D eigenvalue weighted by Crippen LogP contribution is -2.09. The summed E-state index contributed by atoms with van der Waals surface area (Å²) < 4.78 is 5.58. The fourth-order valence-electron chi connectivity index (χ4n) is 1.70. The summed E-state index contributed by atoms with van der Waals surface area (Å²) in [6.07, 6.45) is 1.46. The summed E-state index contributed by atoms with van der Waals surface area (Å²) in [5.74, 6) is 0.494. The van der Waals surface area contributed by atoms with E-state index in [1.165, 1.54) is 0 Å². The minimum absolute atomic E-state index is 0.139. The van der Waals surface area contributed by atoms with Gasteiger partial charge in [0.05, 0.1) is 5.39 Å². The molecule has 0 N–H and O–H groups in total. The molecule has 0 bridgehead atoms. The summed E-state index contributed by atoms with van der Waals surface area (Å²) >= 11 is 0. The zero-order valence-corrected chi connectivity index (χ0v) is 11.0. The van der Waals surface area contributed by atoms with Crippen molar-refractivity contribution in [1.29, 1.82) is 5.26 Å². The van der Waals surface area contributed by atoms with Gasteiger partial charge in [0, 0.05) is 6.42 Å². The lowest BCUT2D eigenvalue weighted by Gasteiger charge is -2.03. The highest BCUT2D eigenvalue weighted by Crippen LogP contribution is 2.16. The van der Waals surface area contributed by atoms with Crippen LogP contribution in [0.2, 0.25) is 0 Å². The van der Waals surface area contributed by atoms with Gasteiger partial charge in [-0.2, -0.15) is 5.26 Å². The first kappa shape index (κ1) is 14.0. The van der Waals surface area contributed by atoms with E-state index >= 15 is 0 Å². The van der Waals surface area contributed by atoms with Gasteiger partial charge in [-0.15, -0.1) is 0 Å². The molecule has 0 aliphatic rings. The number of hydrogen-bond acceptors (Lipinski definition) is 3. The third-order valence-electron chi connectivity index (χ3n) is 2.46. The smallest absolute Gasteiger partial charge is 0.210 e. The number of nitriles is 1. The van der Waals surface area contributed by atoms with E-state index in [1.54, 1.807) is 18.2 Å². The second-order valence-corrected chi connectivity index (χ2v) is 3.59. The molecule has 0 saturated carbocycles. The molecule has 2 rings (SSSR count). The molecule has 0 aliphatic heterocycles. The zero-order chi connectivity index (χ0) is 13.5. The van der Waals surface area contributed by atoms with Gasteiger partial charge in [0.1, 0.15) is 23.0 Å². The Morgan fingerprint density at radius 3 is 2.56 bits per heavy atom. The van der Waals surface area contributed by atoms with Crippen LogP contribution in [0, 0.1) is 11.3 Å². The SMILES string of the molecule is CC.CCCc1oc2ccccc2c(=O)c1C#N. The number of benzene rings is 1. The number of fused-ring (bicyclic) bond motifs is 1. The van der Waals surface area contributed by atoms with Gasteiger partial charge >= 0.3 is 0 Å². The first-order chi connectivity index (χ1) is 8.77. The zero-order valence-electron chi connectivity index (χ0n) is 11.0. The average molecular weight is 243 g/mol. The Morgan fingerprint density at radius 2 is 1.94 bits per heavy atom. The second-order valence-electron chi connectivity index (χ2n) is 3.59. The van der Waals surface area contributed by atoms with E-state index in [0.717, 1.165) is 6.42 Å². The normalized spacial score (nSPS) is 9.44. The number of para-hydroxylation sites is 1. The van der Waals surface area contributed by atoms with Crippen molar-refractivity contribution in [2.24, 2.45) is 0 Å². The van der Waals surface area contributed by atoms with Crippen LogP contribution in [0.25, 0.3) is 11.0 Å². The Hall–Kier alpha value is -2.08. The fourth-order valence-corrected chi connectivity index (χ4v) is 1.70. The van der Waals surface area contributed by atoms with Crippen molar-refractivity contribution in [3.05, 3.63) is 45.8 Å². The van der Waals surface area contributed by atoms with Crippen molar-refractivity contribution in [2.45, 2.75) is 33.6 Å². The van der Waals surface area contributed by atoms with Crippen LogP contribution < -0.4 is 5.43 Å². The lowest BCUT2D eigenvalue weighted by molar-refractivity contribution is 0.529. The quantitative estimate of drug-likeness (QED) is 0.809. The fraction of sp³-hybridized carbons (Fsp3) is 0.333. The predicted molar refractivity (Wildman–Crippen MR) is 72.5 cm³/mol. The van der Waals surface area contributed by atoms with Crippen LogP contribution >= 0.6 is 0 Å². The lowest BCUT2D eigenvalue weighted by atomic mass is 10.1. The monoisotopic (exact) mass is 243 g/mol. The molecule has 0 aliphatic carbocycles. The van der Waals surface area contributed by atoms with E-state index in [-0.39, 0.29) is 11.0 Å². The molecule has 0 saturated heterocycles. The minimum atomic E-state index is -0.229. The molecule has 0 fully saturated rings. The molecular weight excluding hydrogens is 226 g/mol. The second kappa shape index (κ2) is 6.61. The van der Waals surface area contributed by atoms with Gasteiger partial charge in [-0.3, -0.25) is 4.79 Å². The first-order valence-electron chi connectivity index (χ1n) is 6.22. The Balaban J connectivity index is 0.000000771. The van der Waals surface area contributed by atoms with Crippen LogP contribution in [0.4, 0.5) is 0 Å². The maximum atomic E-state index is 12.0. The number of aryl methyl sites for hydroxylation is 1. The Labute approximate surface area is 107 Å². The Morgan fingerprint density at radius 1 is 1.28 bits per heavy atom. The summed E-state index contributed by atoms with van der Waals surface area (Å²) in [4.78, 5) is 12.0. The van der Waals surface area contributed by atoms with Gasteiger partial charge in [-0.25, -0.2) is 0 Å². The highest BCUT2D eigenvalue weighted by atomic mass is 16.3. The van der Waals surface area contributed by atoms with Gasteiger partial charge in [-0.05, 0) is 18.6 Å². The van der Waals surface area contributed by atoms with Crippen LogP contribution in [0.1, 0.15) is 38.5 Å². The topological polar surface area (TPSA) is 54.0 Å². The molecule has 3 nitrogen and oxygen atoms in total. The molecule has 2 aromatic rings. The van der Waals surface area contributed by atoms with E-state index in [4.69, 9.17) is 9.68 Å². The molecule has 0 spiro atoms. The van der Waals surface area contributed by atoms with Crippen LogP contribution in [-0.4, -0.2) is 0 Å². The molecule has 0 amide bonds. The van der Waals surface area contributed by atoms with E-state index in [9.17, 15) is 4.79 Å². The maximum absolute atomic E-state index is 12.0. The van der Waals surface area contributed by atoms with Crippen LogP contribution in [0.3, 0.4) is 0 Å². The third-order valence-corrected chi connectivity index (χ3v) is 2.46. The minimum Gasteiger partial charge on any atom is -0.459 e. The maximum Gasteiger partial charge on any atom is 0.210 e. The average Bonchev–Trinajstić information content (AvgIpc) is 2.42. The number of rotatable bonds is 2. The molecule has 94 valence electrons. The molecule has 0 unspecified atom stereocenters. The standard InChI is InChI=1S/C13H11NO2.C2H6/c1-2-5-11-10(8-14)13(15)9-6-3-4-7-12(9)16-11;1-2/h3-4,6-7H,2,5H2,1H3;1-2H3. The first-order valence-corrected chi connectivity index (χ1v) is 6.22. The summed E-state index contributed by atoms with van der Waals surface area (Å²) in [5.41, 5.74) is 0.461.